The summed E-state index contributed by atoms with van der Waals surface area (Å²) in [5, 5.41) is 59.6. The summed E-state index contributed by atoms with van der Waals surface area (Å²) in [5.74, 6) is -5.41. The van der Waals surface area contributed by atoms with Crippen molar-refractivity contribution in [2.45, 2.75) is 88.2 Å². The van der Waals surface area contributed by atoms with Gasteiger partial charge in [-0.15, -0.1) is 5.10 Å². The quantitative estimate of drug-likeness (QED) is 0.0319. The number of carbonyl (C=O) groups is 3. The second-order valence-electron chi connectivity index (χ2n) is 12.8. The number of unbranched alkanes of at least 4 members (excludes halogenated alkanes) is 1. The SMILES string of the molecule is CC(=O)N[C@H]1C([C@H](O)[C@H](O)CNC(=O)c2ccccc2)O[C@@](OCCCCc2cn(CCCc3c[nH]c4ccc(N)cc34)nn2)(C(=O)[O-])C[C@@H]1O.[Na+]. The van der Waals surface area contributed by atoms with Crippen LogP contribution in [-0.2, 0) is 38.4 Å². The Labute approximate surface area is 322 Å². The van der Waals surface area contributed by atoms with Gasteiger partial charge in [-0.1, -0.05) is 23.4 Å². The molecule has 0 radical (unpaired) electrons. The van der Waals surface area contributed by atoms with Crippen LogP contribution in [0.1, 0.15) is 54.2 Å². The van der Waals surface area contributed by atoms with Crippen molar-refractivity contribution < 1.29 is 73.8 Å². The van der Waals surface area contributed by atoms with Gasteiger partial charge in [0.2, 0.25) is 11.7 Å². The number of aliphatic hydroxyl groups is 3. The van der Waals surface area contributed by atoms with E-state index in [1.807, 2.05) is 30.6 Å². The van der Waals surface area contributed by atoms with Crippen molar-refractivity contribution >= 4 is 34.4 Å². The summed E-state index contributed by atoms with van der Waals surface area (Å²) in [4.78, 5) is 40.0. The third kappa shape index (κ3) is 10.4. The van der Waals surface area contributed by atoms with Gasteiger partial charge in [0, 0.05) is 61.0 Å². The van der Waals surface area contributed by atoms with Crippen molar-refractivity contribution in [2.24, 2.45) is 0 Å². The molecule has 5 rings (SSSR count). The molecule has 6 atom stereocenters. The van der Waals surface area contributed by atoms with Crippen LogP contribution in [0, 0.1) is 0 Å². The first-order chi connectivity index (χ1) is 24.5. The zero-order valence-electron chi connectivity index (χ0n) is 29.2. The zero-order chi connectivity index (χ0) is 36.5. The molecule has 16 nitrogen and oxygen atoms in total. The molecule has 0 saturated carbocycles. The molecule has 274 valence electrons. The number of amides is 2. The molecule has 1 aliphatic rings. The Morgan fingerprint density at radius 1 is 1.15 bits per heavy atom. The molecule has 0 aliphatic carbocycles. The van der Waals surface area contributed by atoms with Crippen molar-refractivity contribution in [1.29, 1.82) is 0 Å². The number of fused-ring (bicyclic) bond motifs is 1. The van der Waals surface area contributed by atoms with Crippen molar-refractivity contribution in [2.75, 3.05) is 18.9 Å². The molecule has 2 aromatic carbocycles. The Kier molecular flexibility index (Phi) is 14.7. The van der Waals surface area contributed by atoms with Crippen molar-refractivity contribution in [1.82, 2.24) is 30.6 Å². The number of nitrogens with one attached hydrogen (secondary N) is 3. The van der Waals surface area contributed by atoms with Crippen LogP contribution >= 0.6 is 0 Å². The van der Waals surface area contributed by atoms with Crippen LogP contribution in [0.25, 0.3) is 10.9 Å². The first kappa shape index (κ1) is 40.9. The minimum atomic E-state index is -2.49. The summed E-state index contributed by atoms with van der Waals surface area (Å²) in [6, 6.07) is 12.6. The Morgan fingerprint density at radius 2 is 1.92 bits per heavy atom. The van der Waals surface area contributed by atoms with Gasteiger partial charge in [-0.25, -0.2) is 0 Å². The molecule has 1 fully saturated rings. The fraction of sp³-hybridized carbons (Fsp3) is 0.457. The maximum absolute atomic E-state index is 12.4. The second kappa shape index (κ2) is 18.8. The molecule has 1 unspecified atom stereocenters. The maximum Gasteiger partial charge on any atom is 1.00 e. The van der Waals surface area contributed by atoms with Crippen molar-refractivity contribution in [3.63, 3.8) is 0 Å². The van der Waals surface area contributed by atoms with E-state index in [-0.39, 0.29) is 36.2 Å². The van der Waals surface area contributed by atoms with Gasteiger partial charge in [-0.05, 0) is 68.0 Å². The molecule has 17 heteroatoms. The van der Waals surface area contributed by atoms with E-state index < -0.39 is 67.0 Å². The van der Waals surface area contributed by atoms with Crippen LogP contribution in [0.5, 0.6) is 0 Å². The van der Waals surface area contributed by atoms with Crippen LogP contribution in [0.3, 0.4) is 0 Å². The predicted molar refractivity (Wildman–Crippen MR) is 182 cm³/mol. The summed E-state index contributed by atoms with van der Waals surface area (Å²) in [6.07, 6.45) is -0.368. The Balaban J connectivity index is 0.00000605. The predicted octanol–water partition coefficient (Wildman–Crippen LogP) is -3.43. The average Bonchev–Trinajstić information content (AvgIpc) is 3.74. The van der Waals surface area contributed by atoms with E-state index in [1.54, 1.807) is 35.0 Å². The molecule has 0 bridgehead atoms. The second-order valence-corrected chi connectivity index (χ2v) is 12.8. The Morgan fingerprint density at radius 3 is 2.65 bits per heavy atom. The molecule has 2 amide bonds. The van der Waals surface area contributed by atoms with Crippen LogP contribution in [0.15, 0.2) is 60.9 Å². The smallest absolute Gasteiger partial charge is 0.544 e. The molecule has 0 spiro atoms. The average molecular weight is 730 g/mol. The molecule has 3 heterocycles. The number of carbonyl (C=O) groups excluding carboxylic acids is 3. The monoisotopic (exact) mass is 729 g/mol. The van der Waals surface area contributed by atoms with Gasteiger partial charge < -0.3 is 56.0 Å². The molecular formula is C35H44N7NaO9. The van der Waals surface area contributed by atoms with Crippen LogP contribution in [0.2, 0.25) is 0 Å². The number of hydrogen-bond donors (Lipinski definition) is 7. The molecule has 2 aromatic heterocycles. The number of carboxylic acid groups (broad SMARTS) is 1. The van der Waals surface area contributed by atoms with E-state index in [9.17, 15) is 34.8 Å². The van der Waals surface area contributed by atoms with Crippen molar-refractivity contribution in [3.8, 4) is 0 Å². The Hall–Kier alpha value is -3.87. The van der Waals surface area contributed by atoms with Gasteiger partial charge in [0.15, 0.2) is 0 Å². The maximum atomic E-state index is 12.4. The van der Waals surface area contributed by atoms with Crippen LogP contribution in [0.4, 0.5) is 5.69 Å². The minimum Gasteiger partial charge on any atom is -0.544 e. The number of benzene rings is 2. The number of H-pyrrole nitrogens is 1. The first-order valence-electron chi connectivity index (χ1n) is 16.9. The van der Waals surface area contributed by atoms with E-state index in [2.05, 4.69) is 25.9 Å². The summed E-state index contributed by atoms with van der Waals surface area (Å²) in [5.41, 5.74) is 9.94. The van der Waals surface area contributed by atoms with E-state index in [4.69, 9.17) is 15.2 Å². The van der Waals surface area contributed by atoms with Gasteiger partial charge in [0.25, 0.3) is 5.91 Å². The van der Waals surface area contributed by atoms with Crippen LogP contribution < -0.4 is 51.0 Å². The number of aliphatic carboxylic acids is 1. The van der Waals surface area contributed by atoms with Gasteiger partial charge >= 0.3 is 29.6 Å². The number of aromatic amines is 1. The fourth-order valence-electron chi connectivity index (χ4n) is 6.21. The number of hydrogen-bond acceptors (Lipinski definition) is 12. The molecular weight excluding hydrogens is 685 g/mol. The number of nitrogen functional groups attached to an aromatic ring is 1. The zero-order valence-corrected chi connectivity index (χ0v) is 31.2. The molecule has 1 aliphatic heterocycles. The van der Waals surface area contributed by atoms with Gasteiger partial charge in [-0.3, -0.25) is 14.3 Å². The van der Waals surface area contributed by atoms with E-state index >= 15 is 0 Å². The molecule has 52 heavy (non-hydrogen) atoms. The number of nitrogens with zero attached hydrogens (tertiary/aromatic N) is 3. The third-order valence-electron chi connectivity index (χ3n) is 8.87. The molecule has 4 aromatic rings. The number of anilines is 1. The number of aromatic nitrogens is 4. The van der Waals surface area contributed by atoms with E-state index in [0.717, 1.165) is 29.4 Å². The number of rotatable bonds is 17. The largest absolute Gasteiger partial charge is 1.00 e. The molecule has 8 N–H and O–H groups in total. The summed E-state index contributed by atoms with van der Waals surface area (Å²) in [6.45, 7) is 1.28. The summed E-state index contributed by atoms with van der Waals surface area (Å²) >= 11 is 0. The number of nitrogens with two attached hydrogens (primary N) is 1. The van der Waals surface area contributed by atoms with Crippen molar-refractivity contribution in [3.05, 3.63) is 77.7 Å². The third-order valence-corrected chi connectivity index (χ3v) is 8.87. The topological polar surface area (TPSA) is 250 Å². The number of aryl methyl sites for hydroxylation is 3. The minimum absolute atomic E-state index is 0. The first-order valence-corrected chi connectivity index (χ1v) is 16.9. The van der Waals surface area contributed by atoms with Gasteiger partial charge in [0.05, 0.1) is 30.6 Å². The number of carboxylic acids is 1. The summed E-state index contributed by atoms with van der Waals surface area (Å²) < 4.78 is 13.2. The normalized spacial score (nSPS) is 21.2. The van der Waals surface area contributed by atoms with Crippen LogP contribution in [-0.4, -0.2) is 102 Å². The van der Waals surface area contributed by atoms with E-state index in [0.29, 0.717) is 37.1 Å². The van der Waals surface area contributed by atoms with Gasteiger partial charge in [0.1, 0.15) is 18.2 Å². The number of ether oxygens (including phenoxy) is 2. The fourth-order valence-corrected chi connectivity index (χ4v) is 6.21. The van der Waals surface area contributed by atoms with E-state index in [1.165, 1.54) is 12.5 Å². The Bertz CT molecular complexity index is 1790. The molecule has 1 saturated heterocycles. The number of aliphatic hydroxyl groups excluding tert-OH is 3. The standard InChI is InChI=1S/C35H45N7O9.Na/c1-21(43)39-30-28(44)17-35(34(48)49,51-32(30)31(46)29(45)19-38-33(47)22-8-3-2-4-9-22)50-15-6-5-11-25-20-42(41-40-25)14-7-10-23-18-37-27-13-12-24(36)16-26(23)27;/h2-4,8-9,12-13,16,18,20,28-32,37,44-46H,5-7,10-11,14-15,17,19,36H2,1H3,(H,38,47)(H,39,43)(H,48,49);/q;+1/p-1/t28-,29+,30+,31+,32?,35+;/m0./s1. The van der Waals surface area contributed by atoms with Gasteiger partial charge in [-0.2, -0.15) is 0 Å². The summed E-state index contributed by atoms with van der Waals surface area (Å²) in [7, 11) is 0.